The van der Waals surface area contributed by atoms with E-state index in [0.29, 0.717) is 44.0 Å². The fraction of sp³-hybridized carbons (Fsp3) is 0.409. The van der Waals surface area contributed by atoms with Crippen molar-refractivity contribution in [2.24, 2.45) is 11.8 Å². The van der Waals surface area contributed by atoms with Crippen LogP contribution in [0.5, 0.6) is 5.75 Å². The van der Waals surface area contributed by atoms with E-state index in [-0.39, 0.29) is 17.7 Å². The smallest absolute Gasteiger partial charge is 0.224 e. The van der Waals surface area contributed by atoms with Crippen molar-refractivity contribution in [2.45, 2.75) is 19.3 Å². The standard InChI is InChI=1S/C22H26N2O4S/c1-29(26,27)24-11-9-18-14-22(25)23-20-13-17(16-5-3-2-4-6-16)7-8-21(20)28-12-10-19(18)15-24/h2-8,13,18-19H,9-12,14-15H2,1H3,(H,23,25)/t18-,19-/m0/s1. The van der Waals surface area contributed by atoms with E-state index < -0.39 is 10.0 Å². The van der Waals surface area contributed by atoms with Crippen molar-refractivity contribution < 1.29 is 17.9 Å². The molecule has 29 heavy (non-hydrogen) atoms. The summed E-state index contributed by atoms with van der Waals surface area (Å²) in [5.74, 6) is 0.877. The van der Waals surface area contributed by atoms with Crippen molar-refractivity contribution in [3.05, 3.63) is 48.5 Å². The summed E-state index contributed by atoms with van der Waals surface area (Å²) in [4.78, 5) is 12.7. The van der Waals surface area contributed by atoms with Gasteiger partial charge in [0.1, 0.15) is 5.75 Å². The van der Waals surface area contributed by atoms with Crippen molar-refractivity contribution in [1.29, 1.82) is 0 Å². The van der Waals surface area contributed by atoms with Crippen LogP contribution in [0.25, 0.3) is 11.1 Å². The highest BCUT2D eigenvalue weighted by molar-refractivity contribution is 7.88. The molecule has 2 heterocycles. The zero-order valence-electron chi connectivity index (χ0n) is 16.5. The van der Waals surface area contributed by atoms with Crippen molar-refractivity contribution in [3.63, 3.8) is 0 Å². The fourth-order valence-electron chi connectivity index (χ4n) is 4.27. The molecule has 1 saturated heterocycles. The van der Waals surface area contributed by atoms with Crippen LogP contribution < -0.4 is 10.1 Å². The quantitative estimate of drug-likeness (QED) is 0.818. The monoisotopic (exact) mass is 414 g/mol. The molecule has 0 aromatic heterocycles. The van der Waals surface area contributed by atoms with Crippen molar-refractivity contribution in [2.75, 3.05) is 31.3 Å². The van der Waals surface area contributed by atoms with Gasteiger partial charge in [0, 0.05) is 19.5 Å². The molecule has 1 amide bonds. The van der Waals surface area contributed by atoms with Crippen LogP contribution in [0.1, 0.15) is 19.3 Å². The minimum atomic E-state index is -3.22. The molecule has 2 aliphatic heterocycles. The number of fused-ring (bicyclic) bond motifs is 2. The van der Waals surface area contributed by atoms with E-state index in [4.69, 9.17) is 4.74 Å². The molecule has 154 valence electrons. The molecular weight excluding hydrogens is 388 g/mol. The van der Waals surface area contributed by atoms with Gasteiger partial charge in [-0.2, -0.15) is 0 Å². The SMILES string of the molecule is CS(=O)(=O)N1CC[C@H]2CC(=O)Nc3cc(-c4ccccc4)ccc3OCC[C@H]2C1. The summed E-state index contributed by atoms with van der Waals surface area (Å²) in [6, 6.07) is 15.8. The van der Waals surface area contributed by atoms with Gasteiger partial charge in [0.05, 0.1) is 18.6 Å². The second-order valence-corrected chi connectivity index (χ2v) is 9.88. The highest BCUT2D eigenvalue weighted by Crippen LogP contribution is 2.35. The summed E-state index contributed by atoms with van der Waals surface area (Å²) in [6.45, 7) is 1.43. The highest BCUT2D eigenvalue weighted by Gasteiger charge is 2.34. The first-order valence-corrected chi connectivity index (χ1v) is 11.8. The lowest BCUT2D eigenvalue weighted by Gasteiger charge is -2.37. The van der Waals surface area contributed by atoms with Crippen molar-refractivity contribution in [1.82, 2.24) is 4.31 Å². The third-order valence-electron chi connectivity index (χ3n) is 5.88. The predicted molar refractivity (Wildman–Crippen MR) is 113 cm³/mol. The number of hydrogen-bond donors (Lipinski definition) is 1. The van der Waals surface area contributed by atoms with E-state index in [1.54, 1.807) is 0 Å². The number of benzene rings is 2. The summed E-state index contributed by atoms with van der Waals surface area (Å²) in [5.41, 5.74) is 2.78. The average Bonchev–Trinajstić information content (AvgIpc) is 2.70. The average molecular weight is 415 g/mol. The Bertz CT molecular complexity index is 991. The number of hydrogen-bond acceptors (Lipinski definition) is 4. The summed E-state index contributed by atoms with van der Waals surface area (Å²) >= 11 is 0. The van der Waals surface area contributed by atoms with E-state index in [1.165, 1.54) is 10.6 Å². The number of nitrogens with one attached hydrogen (secondary N) is 1. The third-order valence-corrected chi connectivity index (χ3v) is 7.15. The van der Waals surface area contributed by atoms with Gasteiger partial charge in [-0.1, -0.05) is 36.4 Å². The zero-order valence-corrected chi connectivity index (χ0v) is 17.3. The van der Waals surface area contributed by atoms with Crippen LogP contribution in [0.3, 0.4) is 0 Å². The van der Waals surface area contributed by atoms with Gasteiger partial charge in [-0.25, -0.2) is 12.7 Å². The highest BCUT2D eigenvalue weighted by atomic mass is 32.2. The normalized spacial score (nSPS) is 23.3. The first-order chi connectivity index (χ1) is 13.9. The maximum atomic E-state index is 12.7. The Hall–Kier alpha value is -2.38. The molecule has 1 fully saturated rings. The lowest BCUT2D eigenvalue weighted by Crippen LogP contribution is -2.44. The Balaban J connectivity index is 1.56. The van der Waals surface area contributed by atoms with Crippen LogP contribution in [0.2, 0.25) is 0 Å². The molecule has 0 saturated carbocycles. The van der Waals surface area contributed by atoms with E-state index in [0.717, 1.165) is 17.5 Å². The molecule has 2 aromatic rings. The topological polar surface area (TPSA) is 75.7 Å². The molecule has 6 nitrogen and oxygen atoms in total. The molecule has 7 heteroatoms. The van der Waals surface area contributed by atoms with Crippen molar-refractivity contribution in [3.8, 4) is 16.9 Å². The van der Waals surface area contributed by atoms with Gasteiger partial charge in [0.25, 0.3) is 0 Å². The molecule has 0 bridgehead atoms. The van der Waals surface area contributed by atoms with E-state index in [1.807, 2.05) is 48.5 Å². The van der Waals surface area contributed by atoms with E-state index in [9.17, 15) is 13.2 Å². The Labute approximate surface area is 171 Å². The fourth-order valence-corrected chi connectivity index (χ4v) is 5.17. The number of anilines is 1. The zero-order chi connectivity index (χ0) is 20.4. The molecule has 0 unspecified atom stereocenters. The number of sulfonamides is 1. The van der Waals surface area contributed by atoms with Gasteiger partial charge >= 0.3 is 0 Å². The Kier molecular flexibility index (Phi) is 5.61. The number of ether oxygens (including phenoxy) is 1. The summed E-state index contributed by atoms with van der Waals surface area (Å²) in [6.07, 6.45) is 3.07. The van der Waals surface area contributed by atoms with Gasteiger partial charge in [0.15, 0.2) is 0 Å². The summed E-state index contributed by atoms with van der Waals surface area (Å²) in [7, 11) is -3.22. The molecule has 2 atom stereocenters. The van der Waals surface area contributed by atoms with Crippen LogP contribution in [-0.4, -0.2) is 44.6 Å². The second-order valence-electron chi connectivity index (χ2n) is 7.90. The molecule has 1 N–H and O–H groups in total. The first kappa shape index (κ1) is 19.9. The number of piperidine rings is 1. The van der Waals surface area contributed by atoms with Crippen molar-refractivity contribution >= 4 is 21.6 Å². The van der Waals surface area contributed by atoms with E-state index in [2.05, 4.69) is 5.32 Å². The van der Waals surface area contributed by atoms with E-state index >= 15 is 0 Å². The van der Waals surface area contributed by atoms with Crippen LogP contribution >= 0.6 is 0 Å². The molecule has 0 radical (unpaired) electrons. The maximum absolute atomic E-state index is 12.7. The lowest BCUT2D eigenvalue weighted by atomic mass is 9.82. The molecular formula is C22H26N2O4S. The first-order valence-electron chi connectivity index (χ1n) is 9.97. The van der Waals surface area contributed by atoms with Gasteiger partial charge in [-0.05, 0) is 47.9 Å². The van der Waals surface area contributed by atoms with Crippen LogP contribution in [0.15, 0.2) is 48.5 Å². The Morgan fingerprint density at radius 2 is 1.83 bits per heavy atom. The summed E-state index contributed by atoms with van der Waals surface area (Å²) in [5, 5.41) is 3.02. The minimum absolute atomic E-state index is 0.0511. The molecule has 2 aromatic carbocycles. The van der Waals surface area contributed by atoms with Gasteiger partial charge < -0.3 is 10.1 Å². The van der Waals surface area contributed by atoms with Gasteiger partial charge in [-0.15, -0.1) is 0 Å². The second kappa shape index (κ2) is 8.16. The molecule has 2 aliphatic rings. The number of amides is 1. The predicted octanol–water partition coefficient (Wildman–Crippen LogP) is 3.36. The molecule has 0 spiro atoms. The number of carbonyl (C=O) groups is 1. The number of nitrogens with zero attached hydrogens (tertiary/aromatic N) is 1. The largest absolute Gasteiger partial charge is 0.491 e. The lowest BCUT2D eigenvalue weighted by molar-refractivity contribution is -0.117. The Morgan fingerprint density at radius 3 is 2.59 bits per heavy atom. The molecule has 4 rings (SSSR count). The summed E-state index contributed by atoms with van der Waals surface area (Å²) < 4.78 is 31.4. The molecule has 0 aliphatic carbocycles. The van der Waals surface area contributed by atoms with Gasteiger partial charge in [-0.3, -0.25) is 4.79 Å². The third kappa shape index (κ3) is 4.62. The number of rotatable bonds is 2. The van der Waals surface area contributed by atoms with Crippen LogP contribution in [0.4, 0.5) is 5.69 Å². The Morgan fingerprint density at radius 1 is 1.03 bits per heavy atom. The maximum Gasteiger partial charge on any atom is 0.224 e. The number of carbonyl (C=O) groups excluding carboxylic acids is 1. The van der Waals surface area contributed by atoms with Crippen LogP contribution in [0, 0.1) is 11.8 Å². The van der Waals surface area contributed by atoms with Gasteiger partial charge in [0.2, 0.25) is 15.9 Å². The van der Waals surface area contributed by atoms with Crippen LogP contribution in [-0.2, 0) is 14.8 Å². The minimum Gasteiger partial charge on any atom is -0.491 e.